The molecule has 8 heteroatoms. The lowest BCUT2D eigenvalue weighted by molar-refractivity contribution is -0.114. The lowest BCUT2D eigenvalue weighted by Gasteiger charge is -2.32. The van der Waals surface area contributed by atoms with E-state index in [0.717, 1.165) is 37.4 Å². The molecule has 5 N–H and O–H groups in total. The summed E-state index contributed by atoms with van der Waals surface area (Å²) in [6.45, 7) is 3.71. The first-order chi connectivity index (χ1) is 14.8. The van der Waals surface area contributed by atoms with Crippen LogP contribution in [0.15, 0.2) is 48.5 Å². The van der Waals surface area contributed by atoms with Crippen LogP contribution in [0, 0.1) is 10.8 Å². The van der Waals surface area contributed by atoms with Crippen LogP contribution in [0.5, 0.6) is 5.75 Å². The summed E-state index contributed by atoms with van der Waals surface area (Å²) in [5.41, 5.74) is 7.59. The third kappa shape index (κ3) is 6.21. The average Bonchev–Trinajstić information content (AvgIpc) is 2.74. The van der Waals surface area contributed by atoms with Gasteiger partial charge in [0.1, 0.15) is 17.7 Å². The average molecular weight is 423 g/mol. The summed E-state index contributed by atoms with van der Waals surface area (Å²) in [6.07, 6.45) is 1.97. The van der Waals surface area contributed by atoms with E-state index < -0.39 is 0 Å². The fraction of sp³-hybridized carbons (Fsp3) is 0.348. The number of benzene rings is 2. The lowest BCUT2D eigenvalue weighted by atomic mass is 10.1. The third-order valence-electron chi connectivity index (χ3n) is 5.33. The Balaban J connectivity index is 1.50. The number of ether oxygens (including phenoxy) is 1. The van der Waals surface area contributed by atoms with Crippen LogP contribution in [0.25, 0.3) is 0 Å². The Morgan fingerprint density at radius 3 is 2.48 bits per heavy atom. The van der Waals surface area contributed by atoms with Gasteiger partial charge in [-0.1, -0.05) is 12.1 Å². The maximum Gasteiger partial charge on any atom is 0.243 e. The number of nitrogens with zero attached hydrogens (tertiary/aromatic N) is 2. The number of piperidine rings is 1. The molecule has 2 aromatic rings. The first kappa shape index (κ1) is 22.1. The molecule has 0 radical (unpaired) electrons. The van der Waals surface area contributed by atoms with E-state index in [1.807, 2.05) is 43.1 Å². The molecule has 3 rings (SSSR count). The molecule has 1 aliphatic rings. The maximum absolute atomic E-state index is 12.4. The highest BCUT2D eigenvalue weighted by atomic mass is 16.5. The molecule has 31 heavy (non-hydrogen) atoms. The predicted octanol–water partition coefficient (Wildman–Crippen LogP) is 2.89. The molecule has 8 nitrogen and oxygen atoms in total. The largest absolute Gasteiger partial charge is 0.490 e. The molecular formula is C23H30N6O2. The second-order valence-corrected chi connectivity index (χ2v) is 7.78. The molecule has 0 aliphatic carbocycles. The first-order valence-corrected chi connectivity index (χ1v) is 10.3. The standard InChI is InChI=1S/C23H30N6O2/c1-16(24)29-12-10-21(11-13-29)31-20-8-6-19(7-9-20)28(2)15-22(30)27-18-5-3-4-17(14-18)23(25)26/h3-9,14,21,24H,10-13,15H2,1-2H3,(H3,25,26)(H,27,30). The number of carbonyl (C=O) groups excluding carboxylic acids is 1. The van der Waals surface area contributed by atoms with Crippen molar-refractivity contribution < 1.29 is 9.53 Å². The molecule has 2 aromatic carbocycles. The van der Waals surface area contributed by atoms with Crippen molar-refractivity contribution in [2.75, 3.05) is 36.9 Å². The van der Waals surface area contributed by atoms with E-state index in [1.165, 1.54) is 0 Å². The number of amides is 1. The van der Waals surface area contributed by atoms with Gasteiger partial charge in [0.15, 0.2) is 0 Å². The van der Waals surface area contributed by atoms with Crippen molar-refractivity contribution in [1.29, 1.82) is 10.8 Å². The molecule has 1 saturated heterocycles. The number of hydrogen-bond acceptors (Lipinski definition) is 5. The number of hydrogen-bond donors (Lipinski definition) is 4. The zero-order valence-electron chi connectivity index (χ0n) is 18.0. The Hall–Kier alpha value is -3.55. The van der Waals surface area contributed by atoms with Crippen LogP contribution in [0.2, 0.25) is 0 Å². The van der Waals surface area contributed by atoms with Gasteiger partial charge in [0.05, 0.1) is 12.4 Å². The minimum Gasteiger partial charge on any atom is -0.490 e. The summed E-state index contributed by atoms with van der Waals surface area (Å²) in [7, 11) is 1.86. The number of nitrogen functional groups attached to an aromatic ring is 1. The van der Waals surface area contributed by atoms with Gasteiger partial charge in [0.2, 0.25) is 5.91 Å². The van der Waals surface area contributed by atoms with Gasteiger partial charge >= 0.3 is 0 Å². The van der Waals surface area contributed by atoms with Gasteiger partial charge in [-0.05, 0) is 43.3 Å². The van der Waals surface area contributed by atoms with E-state index >= 15 is 0 Å². The lowest BCUT2D eigenvalue weighted by Crippen LogP contribution is -2.40. The highest BCUT2D eigenvalue weighted by Crippen LogP contribution is 2.22. The molecule has 0 spiro atoms. The number of anilines is 2. The summed E-state index contributed by atoms with van der Waals surface area (Å²) >= 11 is 0. The van der Waals surface area contributed by atoms with Gasteiger partial charge in [0.25, 0.3) is 0 Å². The van der Waals surface area contributed by atoms with E-state index in [0.29, 0.717) is 17.1 Å². The van der Waals surface area contributed by atoms with Crippen LogP contribution in [-0.2, 0) is 4.79 Å². The number of carbonyl (C=O) groups is 1. The zero-order chi connectivity index (χ0) is 22.4. The normalized spacial score (nSPS) is 14.1. The summed E-state index contributed by atoms with van der Waals surface area (Å²) in [5, 5.41) is 18.1. The number of rotatable bonds is 7. The van der Waals surface area contributed by atoms with Gasteiger partial charge in [-0.25, -0.2) is 0 Å². The number of nitrogens with one attached hydrogen (secondary N) is 3. The minimum atomic E-state index is -0.156. The SMILES string of the molecule is CC(=N)N1CCC(Oc2ccc(N(C)CC(=O)Nc3cccc(C(=N)N)c3)cc2)CC1. The summed E-state index contributed by atoms with van der Waals surface area (Å²) in [5.74, 6) is 1.23. The van der Waals surface area contributed by atoms with Crippen molar-refractivity contribution in [2.24, 2.45) is 5.73 Å². The number of nitrogens with two attached hydrogens (primary N) is 1. The molecule has 1 aliphatic heterocycles. The molecule has 1 heterocycles. The highest BCUT2D eigenvalue weighted by Gasteiger charge is 2.20. The second-order valence-electron chi connectivity index (χ2n) is 7.78. The third-order valence-corrected chi connectivity index (χ3v) is 5.33. The maximum atomic E-state index is 12.4. The van der Waals surface area contributed by atoms with Gasteiger partial charge in [0, 0.05) is 49.9 Å². The van der Waals surface area contributed by atoms with Crippen molar-refractivity contribution in [2.45, 2.75) is 25.9 Å². The van der Waals surface area contributed by atoms with Crippen molar-refractivity contribution in [3.63, 3.8) is 0 Å². The topological polar surface area (TPSA) is 119 Å². The molecular weight excluding hydrogens is 392 g/mol. The molecule has 0 unspecified atom stereocenters. The van der Waals surface area contributed by atoms with Crippen LogP contribution in [0.3, 0.4) is 0 Å². The highest BCUT2D eigenvalue weighted by molar-refractivity contribution is 5.98. The Bertz CT molecular complexity index is 935. The van der Waals surface area contributed by atoms with Crippen molar-refractivity contribution in [3.8, 4) is 5.75 Å². The molecule has 0 aromatic heterocycles. The minimum absolute atomic E-state index is 0.0362. The fourth-order valence-corrected chi connectivity index (χ4v) is 3.55. The zero-order valence-corrected chi connectivity index (χ0v) is 18.0. The Labute approximate surface area is 183 Å². The molecule has 164 valence electrons. The smallest absolute Gasteiger partial charge is 0.243 e. The Morgan fingerprint density at radius 2 is 1.87 bits per heavy atom. The summed E-state index contributed by atoms with van der Waals surface area (Å²) in [6, 6.07) is 14.7. The van der Waals surface area contributed by atoms with Crippen molar-refractivity contribution in [1.82, 2.24) is 4.90 Å². The van der Waals surface area contributed by atoms with Gasteiger partial charge < -0.3 is 25.6 Å². The van der Waals surface area contributed by atoms with Crippen LogP contribution in [-0.4, -0.2) is 55.3 Å². The van der Waals surface area contributed by atoms with E-state index in [2.05, 4.69) is 10.2 Å². The van der Waals surface area contributed by atoms with Gasteiger partial charge in [-0.15, -0.1) is 0 Å². The van der Waals surface area contributed by atoms with E-state index in [1.54, 1.807) is 24.3 Å². The summed E-state index contributed by atoms with van der Waals surface area (Å²) < 4.78 is 6.09. The quantitative estimate of drug-likeness (QED) is 0.404. The van der Waals surface area contributed by atoms with Crippen LogP contribution < -0.4 is 20.7 Å². The van der Waals surface area contributed by atoms with Crippen molar-refractivity contribution in [3.05, 3.63) is 54.1 Å². The van der Waals surface area contributed by atoms with Crippen LogP contribution >= 0.6 is 0 Å². The molecule has 0 atom stereocenters. The van der Waals surface area contributed by atoms with Crippen LogP contribution in [0.1, 0.15) is 25.3 Å². The van der Waals surface area contributed by atoms with E-state index in [4.69, 9.17) is 21.3 Å². The summed E-state index contributed by atoms with van der Waals surface area (Å²) in [4.78, 5) is 16.3. The van der Waals surface area contributed by atoms with Gasteiger partial charge in [-0.3, -0.25) is 15.6 Å². The fourth-order valence-electron chi connectivity index (χ4n) is 3.55. The molecule has 0 bridgehead atoms. The predicted molar refractivity (Wildman–Crippen MR) is 124 cm³/mol. The second kappa shape index (κ2) is 9.97. The van der Waals surface area contributed by atoms with Gasteiger partial charge in [-0.2, -0.15) is 0 Å². The first-order valence-electron chi connectivity index (χ1n) is 10.3. The number of likely N-dealkylation sites (N-methyl/N-ethyl adjacent to an activating group) is 1. The number of amidine groups is 2. The molecule has 1 amide bonds. The molecule has 1 fully saturated rings. The molecule has 0 saturated carbocycles. The number of likely N-dealkylation sites (tertiary alicyclic amines) is 1. The van der Waals surface area contributed by atoms with Crippen LogP contribution in [0.4, 0.5) is 11.4 Å². The Kier molecular flexibility index (Phi) is 7.12. The monoisotopic (exact) mass is 422 g/mol. The van der Waals surface area contributed by atoms with E-state index in [9.17, 15) is 4.79 Å². The van der Waals surface area contributed by atoms with Crippen molar-refractivity contribution >= 4 is 29.0 Å². The van der Waals surface area contributed by atoms with E-state index in [-0.39, 0.29) is 24.4 Å². The Morgan fingerprint density at radius 1 is 1.19 bits per heavy atom.